The minimum absolute atomic E-state index is 0.0358. The lowest BCUT2D eigenvalue weighted by Gasteiger charge is -2.36. The second-order valence-electron chi connectivity index (χ2n) is 7.03. The molecule has 0 bridgehead atoms. The molecule has 1 saturated heterocycles. The number of carbonyl (C=O) groups excluding carboxylic acids is 1. The second-order valence-corrected chi connectivity index (χ2v) is 8.80. The standard InChI is InChI=1S/C21H27N3O4S/c1-17-4-3-5-18(16-17)23-12-14-24(15-13-23)21(25)10-11-22-29(26,27)20-8-6-19(28-2)7-9-20/h3-9,16,22H,10-15H2,1-2H3. The molecule has 0 radical (unpaired) electrons. The molecule has 3 rings (SSSR count). The molecule has 8 heteroatoms. The maximum absolute atomic E-state index is 12.5. The van der Waals surface area contributed by atoms with Gasteiger partial charge in [-0.25, -0.2) is 13.1 Å². The monoisotopic (exact) mass is 417 g/mol. The molecule has 0 spiro atoms. The molecule has 0 aliphatic carbocycles. The zero-order chi connectivity index (χ0) is 20.9. The van der Waals surface area contributed by atoms with E-state index in [0.29, 0.717) is 18.8 Å². The first kappa shape index (κ1) is 21.1. The Bertz CT molecular complexity index is 937. The van der Waals surface area contributed by atoms with Crippen molar-refractivity contribution < 1.29 is 17.9 Å². The SMILES string of the molecule is COc1ccc(S(=O)(=O)NCCC(=O)N2CCN(c3cccc(C)c3)CC2)cc1. The quantitative estimate of drug-likeness (QED) is 0.746. The van der Waals surface area contributed by atoms with Gasteiger partial charge in [0.2, 0.25) is 15.9 Å². The molecule has 2 aromatic carbocycles. The fraction of sp³-hybridized carbons (Fsp3) is 0.381. The second kappa shape index (κ2) is 9.28. The number of hydrogen-bond acceptors (Lipinski definition) is 5. The summed E-state index contributed by atoms with van der Waals surface area (Å²) in [6, 6.07) is 14.5. The van der Waals surface area contributed by atoms with E-state index in [2.05, 4.69) is 34.7 Å². The third-order valence-corrected chi connectivity index (χ3v) is 6.48. The largest absolute Gasteiger partial charge is 0.497 e. The van der Waals surface area contributed by atoms with E-state index in [4.69, 9.17) is 4.74 Å². The smallest absolute Gasteiger partial charge is 0.240 e. The number of rotatable bonds is 7. The minimum atomic E-state index is -3.65. The topological polar surface area (TPSA) is 78.9 Å². The fourth-order valence-electron chi connectivity index (χ4n) is 3.33. The fourth-order valence-corrected chi connectivity index (χ4v) is 4.36. The van der Waals surface area contributed by atoms with E-state index < -0.39 is 10.0 Å². The van der Waals surface area contributed by atoms with Gasteiger partial charge in [-0.05, 0) is 48.9 Å². The van der Waals surface area contributed by atoms with Gasteiger partial charge < -0.3 is 14.5 Å². The van der Waals surface area contributed by atoms with Crippen molar-refractivity contribution in [3.8, 4) is 5.75 Å². The van der Waals surface area contributed by atoms with Crippen molar-refractivity contribution in [3.63, 3.8) is 0 Å². The van der Waals surface area contributed by atoms with Crippen molar-refractivity contribution in [3.05, 3.63) is 54.1 Å². The third kappa shape index (κ3) is 5.48. The van der Waals surface area contributed by atoms with Crippen LogP contribution in [0.4, 0.5) is 5.69 Å². The predicted octanol–water partition coefficient (Wildman–Crippen LogP) is 2.02. The van der Waals surface area contributed by atoms with Crippen LogP contribution >= 0.6 is 0 Å². The van der Waals surface area contributed by atoms with Gasteiger partial charge in [-0.1, -0.05) is 12.1 Å². The van der Waals surface area contributed by atoms with E-state index in [9.17, 15) is 13.2 Å². The van der Waals surface area contributed by atoms with Crippen LogP contribution in [-0.4, -0.2) is 59.1 Å². The summed E-state index contributed by atoms with van der Waals surface area (Å²) in [6.07, 6.45) is 0.139. The molecule has 1 N–H and O–H groups in total. The van der Waals surface area contributed by atoms with Crippen molar-refractivity contribution in [1.82, 2.24) is 9.62 Å². The molecule has 0 atom stereocenters. The number of benzene rings is 2. The Kier molecular flexibility index (Phi) is 6.76. The molecular formula is C21H27N3O4S. The van der Waals surface area contributed by atoms with Gasteiger partial charge in [0, 0.05) is 44.8 Å². The molecule has 0 unspecified atom stereocenters. The summed E-state index contributed by atoms with van der Waals surface area (Å²) in [4.78, 5) is 16.7. The maximum Gasteiger partial charge on any atom is 0.240 e. The Morgan fingerprint density at radius 2 is 1.76 bits per heavy atom. The zero-order valence-electron chi connectivity index (χ0n) is 16.8. The number of hydrogen-bond donors (Lipinski definition) is 1. The van der Waals surface area contributed by atoms with E-state index >= 15 is 0 Å². The highest BCUT2D eigenvalue weighted by molar-refractivity contribution is 7.89. The number of methoxy groups -OCH3 is 1. The Morgan fingerprint density at radius 3 is 2.38 bits per heavy atom. The highest BCUT2D eigenvalue weighted by atomic mass is 32.2. The number of ether oxygens (including phenoxy) is 1. The summed E-state index contributed by atoms with van der Waals surface area (Å²) in [5.74, 6) is 0.551. The molecule has 1 heterocycles. The zero-order valence-corrected chi connectivity index (χ0v) is 17.6. The van der Waals surface area contributed by atoms with Crippen LogP contribution in [-0.2, 0) is 14.8 Å². The van der Waals surface area contributed by atoms with Gasteiger partial charge in [-0.3, -0.25) is 4.79 Å². The lowest BCUT2D eigenvalue weighted by Crippen LogP contribution is -2.49. The van der Waals surface area contributed by atoms with Gasteiger partial charge >= 0.3 is 0 Å². The molecule has 29 heavy (non-hydrogen) atoms. The molecule has 1 aliphatic heterocycles. The number of nitrogens with zero attached hydrogens (tertiary/aromatic N) is 2. The lowest BCUT2D eigenvalue weighted by molar-refractivity contribution is -0.131. The molecule has 0 aromatic heterocycles. The van der Waals surface area contributed by atoms with Crippen LogP contribution < -0.4 is 14.4 Å². The molecule has 0 saturated carbocycles. The highest BCUT2D eigenvalue weighted by Gasteiger charge is 2.22. The van der Waals surface area contributed by atoms with E-state index in [-0.39, 0.29) is 23.8 Å². The molecule has 1 fully saturated rings. The van der Waals surface area contributed by atoms with Crippen molar-refractivity contribution in [2.45, 2.75) is 18.2 Å². The average Bonchev–Trinajstić information content (AvgIpc) is 2.73. The number of carbonyl (C=O) groups is 1. The number of anilines is 1. The van der Waals surface area contributed by atoms with Crippen LogP contribution in [0.3, 0.4) is 0 Å². The first-order chi connectivity index (χ1) is 13.9. The predicted molar refractivity (Wildman–Crippen MR) is 113 cm³/mol. The summed E-state index contributed by atoms with van der Waals surface area (Å²) in [7, 11) is -2.12. The third-order valence-electron chi connectivity index (χ3n) is 5.00. The van der Waals surface area contributed by atoms with Crippen LogP contribution in [0.15, 0.2) is 53.4 Å². The molecule has 7 nitrogen and oxygen atoms in total. The number of sulfonamides is 1. The Morgan fingerprint density at radius 1 is 1.07 bits per heavy atom. The van der Waals surface area contributed by atoms with Gasteiger partial charge in [0.05, 0.1) is 12.0 Å². The minimum Gasteiger partial charge on any atom is -0.497 e. The number of aryl methyl sites for hydroxylation is 1. The van der Waals surface area contributed by atoms with Crippen LogP contribution in [0.25, 0.3) is 0 Å². The summed E-state index contributed by atoms with van der Waals surface area (Å²) in [5.41, 5.74) is 2.38. The number of piperazine rings is 1. The van der Waals surface area contributed by atoms with Crippen LogP contribution in [0.5, 0.6) is 5.75 Å². The summed E-state index contributed by atoms with van der Waals surface area (Å²) in [6.45, 7) is 4.96. The van der Waals surface area contributed by atoms with Gasteiger partial charge in [0.15, 0.2) is 0 Å². The van der Waals surface area contributed by atoms with E-state index in [1.807, 2.05) is 6.07 Å². The Labute approximate surface area is 172 Å². The molecule has 2 aromatic rings. The van der Waals surface area contributed by atoms with E-state index in [1.54, 1.807) is 17.0 Å². The van der Waals surface area contributed by atoms with Gasteiger partial charge in [-0.15, -0.1) is 0 Å². The van der Waals surface area contributed by atoms with Crippen LogP contribution in [0.2, 0.25) is 0 Å². The van der Waals surface area contributed by atoms with Gasteiger partial charge in [0.1, 0.15) is 5.75 Å². The van der Waals surface area contributed by atoms with Gasteiger partial charge in [-0.2, -0.15) is 0 Å². The Hall–Kier alpha value is -2.58. The van der Waals surface area contributed by atoms with Crippen molar-refractivity contribution in [2.24, 2.45) is 0 Å². The number of amides is 1. The van der Waals surface area contributed by atoms with Crippen molar-refractivity contribution in [1.29, 1.82) is 0 Å². The average molecular weight is 418 g/mol. The molecule has 1 aliphatic rings. The summed E-state index contributed by atoms with van der Waals surface area (Å²) in [5, 5.41) is 0. The normalized spacial score (nSPS) is 14.7. The lowest BCUT2D eigenvalue weighted by atomic mass is 10.2. The molecular weight excluding hydrogens is 390 g/mol. The van der Waals surface area contributed by atoms with E-state index in [0.717, 1.165) is 13.1 Å². The first-order valence-electron chi connectivity index (χ1n) is 9.62. The number of nitrogens with one attached hydrogen (secondary N) is 1. The Balaban J connectivity index is 1.46. The van der Waals surface area contributed by atoms with Crippen molar-refractivity contribution in [2.75, 3.05) is 44.7 Å². The molecule has 1 amide bonds. The van der Waals surface area contributed by atoms with Gasteiger partial charge in [0.25, 0.3) is 0 Å². The molecule has 156 valence electrons. The maximum atomic E-state index is 12.5. The van der Waals surface area contributed by atoms with E-state index in [1.165, 1.54) is 30.5 Å². The van der Waals surface area contributed by atoms with Crippen molar-refractivity contribution >= 4 is 21.6 Å². The highest BCUT2D eigenvalue weighted by Crippen LogP contribution is 2.18. The summed E-state index contributed by atoms with van der Waals surface area (Å²) < 4.78 is 32.2. The van der Waals surface area contributed by atoms with Crippen LogP contribution in [0.1, 0.15) is 12.0 Å². The summed E-state index contributed by atoms with van der Waals surface area (Å²) >= 11 is 0. The first-order valence-corrected chi connectivity index (χ1v) is 11.1. The van der Waals surface area contributed by atoms with Crippen LogP contribution in [0, 0.1) is 6.92 Å².